The molecule has 0 radical (unpaired) electrons. The largest absolute Gasteiger partial charge is 0.494 e. The molecule has 0 atom stereocenters. The lowest BCUT2D eigenvalue weighted by atomic mass is 10.1. The Kier molecular flexibility index (Phi) is 8.40. The number of aryl methyl sites for hydroxylation is 1. The van der Waals surface area contributed by atoms with E-state index >= 15 is 0 Å². The molecule has 0 saturated heterocycles. The Morgan fingerprint density at radius 3 is 2.33 bits per heavy atom. The van der Waals surface area contributed by atoms with Gasteiger partial charge in [0.05, 0.1) is 6.61 Å². The molecule has 0 aliphatic heterocycles. The quantitative estimate of drug-likeness (QED) is 0.540. The molecule has 0 aliphatic carbocycles. The zero-order valence-electron chi connectivity index (χ0n) is 15.2. The van der Waals surface area contributed by atoms with Crippen LogP contribution in [0.4, 0.5) is 0 Å². The van der Waals surface area contributed by atoms with Crippen LogP contribution in [-0.4, -0.2) is 6.61 Å². The molecule has 2 aromatic carbocycles. The van der Waals surface area contributed by atoms with E-state index in [1.807, 2.05) is 0 Å². The maximum Gasteiger partial charge on any atom is 0.119 e. The predicted molar refractivity (Wildman–Crippen MR) is 102 cm³/mol. The van der Waals surface area contributed by atoms with E-state index in [0.717, 1.165) is 31.9 Å². The molecule has 1 N–H and O–H groups in total. The molecule has 24 heavy (non-hydrogen) atoms. The van der Waals surface area contributed by atoms with E-state index in [2.05, 4.69) is 67.7 Å². The summed E-state index contributed by atoms with van der Waals surface area (Å²) in [5, 5.41) is 3.51. The second kappa shape index (κ2) is 10.9. The van der Waals surface area contributed by atoms with Crippen LogP contribution in [0.2, 0.25) is 0 Å². The molecule has 0 aliphatic rings. The highest BCUT2D eigenvalue weighted by molar-refractivity contribution is 5.28. The summed E-state index contributed by atoms with van der Waals surface area (Å²) in [7, 11) is 0. The van der Waals surface area contributed by atoms with E-state index < -0.39 is 0 Å². The number of rotatable bonds is 11. The maximum absolute atomic E-state index is 5.81. The van der Waals surface area contributed by atoms with E-state index in [4.69, 9.17) is 4.74 Å². The van der Waals surface area contributed by atoms with Crippen molar-refractivity contribution in [3.05, 3.63) is 65.2 Å². The minimum absolute atomic E-state index is 0.828. The van der Waals surface area contributed by atoms with Crippen LogP contribution in [-0.2, 0) is 13.1 Å². The zero-order chi connectivity index (χ0) is 17.0. The standard InChI is InChI=1S/C22H31NO/c1-3-4-5-6-9-16-24-22-14-12-20(13-15-22)17-23-18-21-11-8-7-10-19(21)2/h7-8,10-15,23H,3-6,9,16-18H2,1-2H3. The molecule has 130 valence electrons. The highest BCUT2D eigenvalue weighted by Gasteiger charge is 1.99. The molecule has 2 rings (SSSR count). The van der Waals surface area contributed by atoms with Crippen LogP contribution in [0, 0.1) is 6.92 Å². The average molecular weight is 325 g/mol. The van der Waals surface area contributed by atoms with Crippen molar-refractivity contribution in [1.29, 1.82) is 0 Å². The minimum atomic E-state index is 0.828. The summed E-state index contributed by atoms with van der Waals surface area (Å²) in [5.74, 6) is 0.980. The summed E-state index contributed by atoms with van der Waals surface area (Å²) in [5.41, 5.74) is 3.99. The van der Waals surface area contributed by atoms with Gasteiger partial charge < -0.3 is 10.1 Å². The number of hydrogen-bond acceptors (Lipinski definition) is 2. The van der Waals surface area contributed by atoms with Crippen LogP contribution in [0.5, 0.6) is 5.75 Å². The Hall–Kier alpha value is -1.80. The van der Waals surface area contributed by atoms with Gasteiger partial charge in [0.2, 0.25) is 0 Å². The summed E-state index contributed by atoms with van der Waals surface area (Å²) < 4.78 is 5.81. The maximum atomic E-state index is 5.81. The SMILES string of the molecule is CCCCCCCOc1ccc(CNCc2ccccc2C)cc1. The molecule has 2 aromatic rings. The van der Waals surface area contributed by atoms with Gasteiger partial charge in [0.25, 0.3) is 0 Å². The molecule has 0 fully saturated rings. The third-order valence-electron chi connectivity index (χ3n) is 4.35. The molecule has 2 nitrogen and oxygen atoms in total. The third-order valence-corrected chi connectivity index (χ3v) is 4.35. The summed E-state index contributed by atoms with van der Waals surface area (Å²) in [4.78, 5) is 0. The number of ether oxygens (including phenoxy) is 1. The second-order valence-electron chi connectivity index (χ2n) is 6.44. The minimum Gasteiger partial charge on any atom is -0.494 e. The van der Waals surface area contributed by atoms with Crippen LogP contribution < -0.4 is 10.1 Å². The molecule has 0 aromatic heterocycles. The van der Waals surface area contributed by atoms with Gasteiger partial charge >= 0.3 is 0 Å². The van der Waals surface area contributed by atoms with Gasteiger partial charge in [-0.3, -0.25) is 0 Å². The number of benzene rings is 2. The fraction of sp³-hybridized carbons (Fsp3) is 0.455. The van der Waals surface area contributed by atoms with Crippen molar-refractivity contribution in [3.8, 4) is 5.75 Å². The number of hydrogen-bond donors (Lipinski definition) is 1. The number of unbranched alkanes of at least 4 members (excludes halogenated alkanes) is 4. The van der Waals surface area contributed by atoms with Crippen LogP contribution in [0.3, 0.4) is 0 Å². The fourth-order valence-electron chi connectivity index (χ4n) is 2.75. The lowest BCUT2D eigenvalue weighted by molar-refractivity contribution is 0.304. The van der Waals surface area contributed by atoms with Gasteiger partial charge in [-0.1, -0.05) is 69.0 Å². The van der Waals surface area contributed by atoms with Crippen LogP contribution in [0.25, 0.3) is 0 Å². The zero-order valence-corrected chi connectivity index (χ0v) is 15.2. The molecular weight excluding hydrogens is 294 g/mol. The van der Waals surface area contributed by atoms with Crippen molar-refractivity contribution in [2.45, 2.75) is 59.0 Å². The molecule has 0 heterocycles. The van der Waals surface area contributed by atoms with E-state index in [0.29, 0.717) is 0 Å². The van der Waals surface area contributed by atoms with Crippen LogP contribution >= 0.6 is 0 Å². The molecular formula is C22H31NO. The normalized spacial score (nSPS) is 10.8. The van der Waals surface area contributed by atoms with Crippen LogP contribution in [0.15, 0.2) is 48.5 Å². The molecule has 0 amide bonds. The van der Waals surface area contributed by atoms with E-state index in [1.165, 1.54) is 42.4 Å². The Morgan fingerprint density at radius 2 is 1.58 bits per heavy atom. The summed E-state index contributed by atoms with van der Waals surface area (Å²) in [6, 6.07) is 17.0. The highest BCUT2D eigenvalue weighted by Crippen LogP contribution is 2.14. The Bertz CT molecular complexity index is 577. The first kappa shape index (κ1) is 18.5. The van der Waals surface area contributed by atoms with Gasteiger partial charge in [-0.2, -0.15) is 0 Å². The van der Waals surface area contributed by atoms with Gasteiger partial charge in [0, 0.05) is 13.1 Å². The Morgan fingerprint density at radius 1 is 0.833 bits per heavy atom. The highest BCUT2D eigenvalue weighted by atomic mass is 16.5. The second-order valence-corrected chi connectivity index (χ2v) is 6.44. The monoisotopic (exact) mass is 325 g/mol. The Balaban J connectivity index is 1.65. The molecule has 0 unspecified atom stereocenters. The summed E-state index contributed by atoms with van der Waals surface area (Å²) >= 11 is 0. The third kappa shape index (κ3) is 6.76. The van der Waals surface area contributed by atoms with Gasteiger partial charge in [-0.05, 0) is 42.2 Å². The first-order valence-corrected chi connectivity index (χ1v) is 9.26. The lowest BCUT2D eigenvalue weighted by Crippen LogP contribution is -2.13. The molecule has 0 spiro atoms. The molecule has 0 saturated carbocycles. The van der Waals surface area contributed by atoms with Crippen LogP contribution in [0.1, 0.15) is 55.7 Å². The smallest absolute Gasteiger partial charge is 0.119 e. The van der Waals surface area contributed by atoms with Crippen molar-refractivity contribution in [3.63, 3.8) is 0 Å². The summed E-state index contributed by atoms with van der Waals surface area (Å²) in [6.07, 6.45) is 6.38. The van der Waals surface area contributed by atoms with E-state index in [-0.39, 0.29) is 0 Å². The van der Waals surface area contributed by atoms with Crippen molar-refractivity contribution in [2.75, 3.05) is 6.61 Å². The van der Waals surface area contributed by atoms with Gasteiger partial charge in [0.15, 0.2) is 0 Å². The summed E-state index contributed by atoms with van der Waals surface area (Å²) in [6.45, 7) is 7.02. The molecule has 0 bridgehead atoms. The topological polar surface area (TPSA) is 21.3 Å². The fourth-order valence-corrected chi connectivity index (χ4v) is 2.75. The van der Waals surface area contributed by atoms with E-state index in [9.17, 15) is 0 Å². The lowest BCUT2D eigenvalue weighted by Gasteiger charge is -2.09. The average Bonchev–Trinajstić information content (AvgIpc) is 2.61. The van der Waals surface area contributed by atoms with E-state index in [1.54, 1.807) is 0 Å². The number of nitrogens with one attached hydrogen (secondary N) is 1. The Labute approximate surface area is 147 Å². The van der Waals surface area contributed by atoms with Gasteiger partial charge in [-0.25, -0.2) is 0 Å². The van der Waals surface area contributed by atoms with Crippen molar-refractivity contribution < 1.29 is 4.74 Å². The van der Waals surface area contributed by atoms with Crippen molar-refractivity contribution in [1.82, 2.24) is 5.32 Å². The molecule has 2 heteroatoms. The van der Waals surface area contributed by atoms with Gasteiger partial charge in [-0.15, -0.1) is 0 Å². The predicted octanol–water partition coefficient (Wildman–Crippen LogP) is 5.63. The van der Waals surface area contributed by atoms with Crippen molar-refractivity contribution >= 4 is 0 Å². The first-order valence-electron chi connectivity index (χ1n) is 9.26. The van der Waals surface area contributed by atoms with Crippen molar-refractivity contribution in [2.24, 2.45) is 0 Å². The van der Waals surface area contributed by atoms with Gasteiger partial charge in [0.1, 0.15) is 5.75 Å². The first-order chi connectivity index (χ1) is 11.8.